The molecule has 2 aliphatic rings. The first-order valence-corrected chi connectivity index (χ1v) is 19.8. The third kappa shape index (κ3) is 8.69. The lowest BCUT2D eigenvalue weighted by molar-refractivity contribution is -0.155. The van der Waals surface area contributed by atoms with Gasteiger partial charge in [0.1, 0.15) is 23.9 Å². The van der Waals surface area contributed by atoms with Crippen molar-refractivity contribution < 1.29 is 33.8 Å². The molecule has 1 saturated heterocycles. The first kappa shape index (κ1) is 41.4. The highest BCUT2D eigenvalue weighted by Gasteiger charge is 2.37. The number of aromatic hydroxyl groups is 1. The molecule has 304 valence electrons. The number of esters is 1. The first-order chi connectivity index (χ1) is 27.2. The highest BCUT2D eigenvalue weighted by molar-refractivity contribution is 5.96. The standard InChI is InChI=1S/C44H56N6O7/c1-9-49-37-15-14-29-22-33(37)34(40(49)32-12-10-16-45-38(32)27(4)56-8)23-44(5,6)24-57-43(55)35-13-11-17-50(47-35)42(54)36(20-28-18-30(29)21-31(52)19-28)46-41(53)39(26(2)3)48(7)25-51/h10,12,14-16,18-19,21-22,25-27,35-36,39,47,52H,9,11,13,17,20,23-24H2,1-8H3,(H,46,53)/t27-,35-,36-,39?/m0/s1. The first-order valence-electron chi connectivity index (χ1n) is 19.8. The van der Waals surface area contributed by atoms with Crippen molar-refractivity contribution in [3.8, 4) is 28.1 Å². The Balaban J connectivity index is 1.54. The average molecular weight is 781 g/mol. The summed E-state index contributed by atoms with van der Waals surface area (Å²) in [6, 6.07) is 12.8. The van der Waals surface area contributed by atoms with E-state index in [0.717, 1.165) is 44.5 Å². The van der Waals surface area contributed by atoms with E-state index in [1.54, 1.807) is 25.4 Å². The van der Waals surface area contributed by atoms with Gasteiger partial charge >= 0.3 is 5.97 Å². The third-order valence-corrected chi connectivity index (χ3v) is 11.2. The predicted octanol–water partition coefficient (Wildman–Crippen LogP) is 5.56. The van der Waals surface area contributed by atoms with Crippen molar-refractivity contribution in [3.05, 3.63) is 71.5 Å². The highest BCUT2D eigenvalue weighted by Crippen LogP contribution is 2.42. The smallest absolute Gasteiger partial charge is 0.324 e. The summed E-state index contributed by atoms with van der Waals surface area (Å²) in [5, 5.41) is 16.5. The second-order valence-electron chi connectivity index (χ2n) is 16.5. The molecular formula is C44H56N6O7. The number of rotatable bonds is 9. The van der Waals surface area contributed by atoms with Gasteiger partial charge in [0.25, 0.3) is 5.91 Å². The van der Waals surface area contributed by atoms with Crippen molar-refractivity contribution in [1.82, 2.24) is 30.2 Å². The number of amides is 3. The number of benzene rings is 2. The molecule has 2 aliphatic heterocycles. The monoisotopic (exact) mass is 780 g/mol. The molecule has 2 aromatic heterocycles. The summed E-state index contributed by atoms with van der Waals surface area (Å²) in [6.07, 6.45) is 3.70. The molecule has 1 fully saturated rings. The Kier molecular flexibility index (Phi) is 12.4. The fourth-order valence-electron chi connectivity index (χ4n) is 8.35. The average Bonchev–Trinajstić information content (AvgIpc) is 3.49. The Morgan fingerprint density at radius 2 is 1.93 bits per heavy atom. The summed E-state index contributed by atoms with van der Waals surface area (Å²) < 4.78 is 14.1. The van der Waals surface area contributed by atoms with E-state index in [9.17, 15) is 24.3 Å². The Labute approximate surface area is 334 Å². The molecule has 6 rings (SSSR count). The number of hydrogen-bond donors (Lipinski definition) is 3. The van der Waals surface area contributed by atoms with Crippen LogP contribution in [0.15, 0.2) is 54.7 Å². The summed E-state index contributed by atoms with van der Waals surface area (Å²) in [7, 11) is 3.21. The van der Waals surface area contributed by atoms with E-state index in [-0.39, 0.29) is 30.8 Å². The minimum atomic E-state index is -1.09. The number of phenolic OH excluding ortho intramolecular Hbond substituents is 1. The summed E-state index contributed by atoms with van der Waals surface area (Å²) in [5.74, 6) is -1.62. The lowest BCUT2D eigenvalue weighted by atomic mass is 9.84. The van der Waals surface area contributed by atoms with E-state index in [1.165, 1.54) is 17.0 Å². The van der Waals surface area contributed by atoms with Crippen LogP contribution in [0.1, 0.15) is 77.3 Å². The summed E-state index contributed by atoms with van der Waals surface area (Å²) in [4.78, 5) is 59.7. The molecule has 4 aromatic rings. The zero-order valence-electron chi connectivity index (χ0n) is 34.3. The Hall–Kier alpha value is -5.27. The molecule has 13 heteroatoms. The van der Waals surface area contributed by atoms with Gasteiger partial charge in [-0.25, -0.2) is 5.43 Å². The number of pyridine rings is 1. The van der Waals surface area contributed by atoms with Gasteiger partial charge in [-0.15, -0.1) is 0 Å². The Morgan fingerprint density at radius 1 is 1.16 bits per heavy atom. The fourth-order valence-corrected chi connectivity index (χ4v) is 8.35. The van der Waals surface area contributed by atoms with Crippen LogP contribution < -0.4 is 10.7 Å². The maximum Gasteiger partial charge on any atom is 0.324 e. The van der Waals surface area contributed by atoms with E-state index in [2.05, 4.69) is 54.3 Å². The van der Waals surface area contributed by atoms with Gasteiger partial charge in [0.05, 0.1) is 24.1 Å². The Morgan fingerprint density at radius 3 is 2.63 bits per heavy atom. The van der Waals surface area contributed by atoms with Crippen LogP contribution >= 0.6 is 0 Å². The van der Waals surface area contributed by atoms with Crippen LogP contribution in [0.3, 0.4) is 0 Å². The van der Waals surface area contributed by atoms with Gasteiger partial charge in [0, 0.05) is 61.7 Å². The normalized spacial score (nSPS) is 19.8. The van der Waals surface area contributed by atoms with Gasteiger partial charge in [-0.3, -0.25) is 29.2 Å². The van der Waals surface area contributed by atoms with Crippen LogP contribution in [-0.2, 0) is 48.0 Å². The zero-order chi connectivity index (χ0) is 41.2. The number of aromatic nitrogens is 2. The van der Waals surface area contributed by atoms with Crippen molar-refractivity contribution in [2.75, 3.05) is 27.3 Å². The molecule has 57 heavy (non-hydrogen) atoms. The second kappa shape index (κ2) is 17.1. The maximum absolute atomic E-state index is 14.4. The molecule has 0 aliphatic carbocycles. The largest absolute Gasteiger partial charge is 0.508 e. The molecule has 1 unspecified atom stereocenters. The van der Waals surface area contributed by atoms with E-state index in [4.69, 9.17) is 14.5 Å². The molecule has 4 atom stereocenters. The number of nitrogens with one attached hydrogen (secondary N) is 2. The van der Waals surface area contributed by atoms with Gasteiger partial charge in [-0.1, -0.05) is 39.8 Å². The molecular weight excluding hydrogens is 725 g/mol. The summed E-state index contributed by atoms with van der Waals surface area (Å²) in [6.45, 7) is 13.0. The molecule has 0 radical (unpaired) electrons. The number of aryl methyl sites for hydroxylation is 1. The third-order valence-electron chi connectivity index (χ3n) is 11.2. The van der Waals surface area contributed by atoms with Crippen molar-refractivity contribution in [2.24, 2.45) is 11.3 Å². The van der Waals surface area contributed by atoms with Crippen molar-refractivity contribution >= 4 is 35.1 Å². The van der Waals surface area contributed by atoms with Crippen molar-refractivity contribution in [2.45, 2.75) is 98.0 Å². The molecule has 6 bridgehead atoms. The Bertz CT molecular complexity index is 2140. The number of cyclic esters (lactones) is 1. The number of phenols is 1. The predicted molar refractivity (Wildman–Crippen MR) is 218 cm³/mol. The van der Waals surface area contributed by atoms with Crippen LogP contribution in [0.25, 0.3) is 33.3 Å². The SMILES string of the molecule is CCn1c(-c2cccnc2[C@H](C)OC)c2c3cc(ccc31)-c1cc(O)cc(c1)C[C@H](NC(=O)C(C(C)C)N(C)C=O)C(=O)N1CCC[C@H](N1)C(=O)OCC(C)(C)C2. The number of carbonyl (C=O) groups is 4. The molecule has 2 aromatic carbocycles. The topological polar surface area (TPSA) is 155 Å². The minimum absolute atomic E-state index is 0.0101. The summed E-state index contributed by atoms with van der Waals surface area (Å²) in [5.41, 5.74) is 9.67. The number of nitrogens with zero attached hydrogens (tertiary/aromatic N) is 4. The van der Waals surface area contributed by atoms with Crippen molar-refractivity contribution in [1.29, 1.82) is 0 Å². The van der Waals surface area contributed by atoms with Crippen LogP contribution in [0.4, 0.5) is 0 Å². The van der Waals surface area contributed by atoms with Gasteiger partial charge in [0.15, 0.2) is 0 Å². The number of fused-ring (bicyclic) bond motifs is 6. The maximum atomic E-state index is 14.4. The van der Waals surface area contributed by atoms with Crippen LogP contribution in [-0.4, -0.2) is 94.2 Å². The number of methoxy groups -OCH3 is 1. The fraction of sp³-hybridized carbons (Fsp3) is 0.477. The van der Waals surface area contributed by atoms with E-state index in [1.807, 2.05) is 39.0 Å². The molecule has 0 saturated carbocycles. The van der Waals surface area contributed by atoms with Gasteiger partial charge in [-0.2, -0.15) is 0 Å². The van der Waals surface area contributed by atoms with E-state index in [0.29, 0.717) is 44.3 Å². The lowest BCUT2D eigenvalue weighted by Gasteiger charge is -2.36. The number of likely N-dealkylation sites (N-methyl/N-ethyl adjacent to an activating group) is 1. The van der Waals surface area contributed by atoms with Crippen LogP contribution in [0.2, 0.25) is 0 Å². The summed E-state index contributed by atoms with van der Waals surface area (Å²) >= 11 is 0. The van der Waals surface area contributed by atoms with Gasteiger partial charge in [-0.05, 0) is 97.7 Å². The van der Waals surface area contributed by atoms with Gasteiger partial charge < -0.3 is 29.4 Å². The van der Waals surface area contributed by atoms with Crippen molar-refractivity contribution in [3.63, 3.8) is 0 Å². The van der Waals surface area contributed by atoms with E-state index >= 15 is 0 Å². The highest BCUT2D eigenvalue weighted by atomic mass is 16.5. The molecule has 4 heterocycles. The quantitative estimate of drug-likeness (QED) is 0.146. The second-order valence-corrected chi connectivity index (χ2v) is 16.5. The number of ether oxygens (including phenoxy) is 2. The molecule has 0 spiro atoms. The lowest BCUT2D eigenvalue weighted by Crippen LogP contribution is -2.61. The van der Waals surface area contributed by atoms with Crippen LogP contribution in [0, 0.1) is 11.3 Å². The number of hydrogen-bond acceptors (Lipinski definition) is 9. The van der Waals surface area contributed by atoms with Crippen LogP contribution in [0.5, 0.6) is 5.75 Å². The van der Waals surface area contributed by atoms with Gasteiger partial charge in [0.2, 0.25) is 12.3 Å². The zero-order valence-corrected chi connectivity index (χ0v) is 34.3. The number of carbonyl (C=O) groups excluding carboxylic acids is 4. The molecule has 3 amide bonds. The van der Waals surface area contributed by atoms with E-state index < -0.39 is 41.3 Å². The minimum Gasteiger partial charge on any atom is -0.508 e. The molecule has 13 nitrogen and oxygen atoms in total. The number of hydrazine groups is 1. The molecule has 3 N–H and O–H groups in total.